The van der Waals surface area contributed by atoms with Crippen molar-refractivity contribution in [3.05, 3.63) is 65.0 Å². The predicted molar refractivity (Wildman–Crippen MR) is 82.9 cm³/mol. The highest BCUT2D eigenvalue weighted by Gasteiger charge is 2.12. The van der Waals surface area contributed by atoms with Gasteiger partial charge in [0.1, 0.15) is 5.82 Å². The molecule has 0 spiro atoms. The molecule has 0 bridgehead atoms. The van der Waals surface area contributed by atoms with E-state index in [4.69, 9.17) is 10.2 Å². The van der Waals surface area contributed by atoms with Gasteiger partial charge in [-0.2, -0.15) is 0 Å². The Morgan fingerprint density at radius 3 is 2.52 bits per heavy atom. The summed E-state index contributed by atoms with van der Waals surface area (Å²) in [7, 11) is 0. The lowest BCUT2D eigenvalue weighted by Crippen LogP contribution is -2.15. The fourth-order valence-electron chi connectivity index (χ4n) is 2.17. The SMILES string of the molecule is O=C(Cc1ccc(C(=O)O)c(F)c1)Nc1cccc(CCO)c1. The molecule has 0 fully saturated rings. The van der Waals surface area contributed by atoms with E-state index < -0.39 is 17.3 Å². The summed E-state index contributed by atoms with van der Waals surface area (Å²) < 4.78 is 13.6. The lowest BCUT2D eigenvalue weighted by Gasteiger charge is -2.08. The molecule has 0 aliphatic carbocycles. The van der Waals surface area contributed by atoms with Crippen molar-refractivity contribution in [1.82, 2.24) is 0 Å². The molecule has 120 valence electrons. The number of carbonyl (C=O) groups is 2. The second kappa shape index (κ2) is 7.51. The number of aromatic carboxylic acids is 1. The summed E-state index contributed by atoms with van der Waals surface area (Å²) in [5.41, 5.74) is 1.44. The van der Waals surface area contributed by atoms with Crippen molar-refractivity contribution in [2.75, 3.05) is 11.9 Å². The molecule has 6 heteroatoms. The first-order valence-electron chi connectivity index (χ1n) is 7.01. The van der Waals surface area contributed by atoms with Crippen LogP contribution in [0.15, 0.2) is 42.5 Å². The van der Waals surface area contributed by atoms with E-state index in [-0.39, 0.29) is 18.9 Å². The summed E-state index contributed by atoms with van der Waals surface area (Å²) >= 11 is 0. The molecule has 23 heavy (non-hydrogen) atoms. The molecule has 3 N–H and O–H groups in total. The van der Waals surface area contributed by atoms with Crippen LogP contribution < -0.4 is 5.32 Å². The van der Waals surface area contributed by atoms with Crippen molar-refractivity contribution in [3.8, 4) is 0 Å². The Labute approximate surface area is 132 Å². The van der Waals surface area contributed by atoms with E-state index in [1.54, 1.807) is 18.2 Å². The highest BCUT2D eigenvalue weighted by atomic mass is 19.1. The van der Waals surface area contributed by atoms with Crippen LogP contribution in [-0.2, 0) is 17.6 Å². The Kier molecular flexibility index (Phi) is 5.43. The Morgan fingerprint density at radius 2 is 1.87 bits per heavy atom. The molecule has 0 aromatic heterocycles. The lowest BCUT2D eigenvalue weighted by molar-refractivity contribution is -0.115. The standard InChI is InChI=1S/C17H16FNO4/c18-15-9-12(4-5-14(15)17(22)23)10-16(21)19-13-3-1-2-11(8-13)6-7-20/h1-5,8-9,20H,6-7,10H2,(H,19,21)(H,22,23). The van der Waals surface area contributed by atoms with E-state index in [0.29, 0.717) is 17.7 Å². The summed E-state index contributed by atoms with van der Waals surface area (Å²) in [5.74, 6) is -2.56. The molecule has 0 aliphatic rings. The number of hydrogen-bond donors (Lipinski definition) is 3. The number of halogens is 1. The third-order valence-corrected chi connectivity index (χ3v) is 3.24. The molecule has 0 radical (unpaired) electrons. The van der Waals surface area contributed by atoms with E-state index >= 15 is 0 Å². The average Bonchev–Trinajstić information content (AvgIpc) is 2.47. The van der Waals surface area contributed by atoms with Crippen LogP contribution in [0.3, 0.4) is 0 Å². The largest absolute Gasteiger partial charge is 0.478 e. The average molecular weight is 317 g/mol. The minimum atomic E-state index is -1.35. The van der Waals surface area contributed by atoms with Crippen LogP contribution in [0, 0.1) is 5.82 Å². The van der Waals surface area contributed by atoms with Crippen LogP contribution >= 0.6 is 0 Å². The summed E-state index contributed by atoms with van der Waals surface area (Å²) in [6, 6.07) is 10.7. The van der Waals surface area contributed by atoms with Gasteiger partial charge in [-0.15, -0.1) is 0 Å². The fourth-order valence-corrected chi connectivity index (χ4v) is 2.17. The van der Waals surface area contributed by atoms with E-state index in [2.05, 4.69) is 5.32 Å². The predicted octanol–water partition coefficient (Wildman–Crippen LogP) is 2.24. The van der Waals surface area contributed by atoms with Crippen LogP contribution in [0.1, 0.15) is 21.5 Å². The van der Waals surface area contributed by atoms with E-state index in [0.717, 1.165) is 17.7 Å². The van der Waals surface area contributed by atoms with Gasteiger partial charge in [-0.3, -0.25) is 4.79 Å². The maximum absolute atomic E-state index is 13.6. The van der Waals surface area contributed by atoms with Crippen LogP contribution in [0.2, 0.25) is 0 Å². The number of benzene rings is 2. The number of anilines is 1. The van der Waals surface area contributed by atoms with Crippen LogP contribution in [0.25, 0.3) is 0 Å². The van der Waals surface area contributed by atoms with Crippen molar-refractivity contribution in [2.45, 2.75) is 12.8 Å². The second-order valence-corrected chi connectivity index (χ2v) is 5.02. The molecule has 1 amide bonds. The van der Waals surface area contributed by atoms with Gasteiger partial charge in [0.05, 0.1) is 12.0 Å². The smallest absolute Gasteiger partial charge is 0.338 e. The molecule has 0 saturated heterocycles. The number of carboxylic acid groups (broad SMARTS) is 1. The number of aliphatic hydroxyl groups excluding tert-OH is 1. The first kappa shape index (κ1) is 16.6. The monoisotopic (exact) mass is 317 g/mol. The summed E-state index contributed by atoms with van der Waals surface area (Å²) in [5, 5.41) is 20.4. The molecular weight excluding hydrogens is 301 g/mol. The number of carboxylic acids is 1. The number of nitrogens with one attached hydrogen (secondary N) is 1. The molecule has 0 aliphatic heterocycles. The molecule has 0 atom stereocenters. The number of hydrogen-bond acceptors (Lipinski definition) is 3. The van der Waals surface area contributed by atoms with Crippen LogP contribution in [0.5, 0.6) is 0 Å². The van der Waals surface area contributed by atoms with E-state index in [1.165, 1.54) is 6.07 Å². The van der Waals surface area contributed by atoms with E-state index in [1.807, 2.05) is 6.07 Å². The molecule has 0 heterocycles. The summed E-state index contributed by atoms with van der Waals surface area (Å²) in [6.45, 7) is 0.0204. The summed E-state index contributed by atoms with van der Waals surface area (Å²) in [4.78, 5) is 22.7. The van der Waals surface area contributed by atoms with Gasteiger partial charge in [-0.05, 0) is 41.8 Å². The zero-order valence-electron chi connectivity index (χ0n) is 12.3. The third kappa shape index (κ3) is 4.62. The zero-order chi connectivity index (χ0) is 16.8. The number of carbonyl (C=O) groups excluding carboxylic acids is 1. The molecule has 0 unspecified atom stereocenters. The molecule has 2 aromatic carbocycles. The highest BCUT2D eigenvalue weighted by molar-refractivity contribution is 5.92. The van der Waals surface area contributed by atoms with Gasteiger partial charge in [0.2, 0.25) is 5.91 Å². The lowest BCUT2D eigenvalue weighted by atomic mass is 10.1. The molecule has 0 saturated carbocycles. The van der Waals surface area contributed by atoms with Gasteiger partial charge in [0.15, 0.2) is 0 Å². The van der Waals surface area contributed by atoms with Gasteiger partial charge in [-0.25, -0.2) is 9.18 Å². The van der Waals surface area contributed by atoms with Gasteiger partial charge in [-0.1, -0.05) is 18.2 Å². The molecule has 5 nitrogen and oxygen atoms in total. The Morgan fingerprint density at radius 1 is 1.09 bits per heavy atom. The van der Waals surface area contributed by atoms with Crippen LogP contribution in [0.4, 0.5) is 10.1 Å². The topological polar surface area (TPSA) is 86.6 Å². The maximum Gasteiger partial charge on any atom is 0.338 e. The van der Waals surface area contributed by atoms with Crippen molar-refractivity contribution in [3.63, 3.8) is 0 Å². The van der Waals surface area contributed by atoms with Crippen molar-refractivity contribution >= 4 is 17.6 Å². The number of aliphatic hydroxyl groups is 1. The van der Waals surface area contributed by atoms with Crippen LogP contribution in [-0.4, -0.2) is 28.7 Å². The van der Waals surface area contributed by atoms with Crippen molar-refractivity contribution < 1.29 is 24.2 Å². The Balaban J connectivity index is 2.03. The molecular formula is C17H16FNO4. The third-order valence-electron chi connectivity index (χ3n) is 3.24. The fraction of sp³-hybridized carbons (Fsp3) is 0.176. The number of rotatable bonds is 6. The first-order chi connectivity index (χ1) is 11.0. The molecule has 2 rings (SSSR count). The van der Waals surface area contributed by atoms with Crippen molar-refractivity contribution in [2.24, 2.45) is 0 Å². The first-order valence-corrected chi connectivity index (χ1v) is 7.01. The number of amides is 1. The van der Waals surface area contributed by atoms with Gasteiger partial charge in [0.25, 0.3) is 0 Å². The Hall–Kier alpha value is -2.73. The highest BCUT2D eigenvalue weighted by Crippen LogP contribution is 2.14. The minimum Gasteiger partial charge on any atom is -0.478 e. The van der Waals surface area contributed by atoms with Gasteiger partial charge in [0, 0.05) is 12.3 Å². The van der Waals surface area contributed by atoms with E-state index in [9.17, 15) is 14.0 Å². The molecule has 2 aromatic rings. The van der Waals surface area contributed by atoms with Crippen molar-refractivity contribution in [1.29, 1.82) is 0 Å². The zero-order valence-corrected chi connectivity index (χ0v) is 12.3. The normalized spacial score (nSPS) is 10.3. The summed E-state index contributed by atoms with van der Waals surface area (Å²) in [6.07, 6.45) is 0.423. The van der Waals surface area contributed by atoms with Gasteiger partial charge < -0.3 is 15.5 Å². The van der Waals surface area contributed by atoms with Gasteiger partial charge >= 0.3 is 5.97 Å². The minimum absolute atomic E-state index is 0.0204. The second-order valence-electron chi connectivity index (χ2n) is 5.02. The quantitative estimate of drug-likeness (QED) is 0.762. The Bertz CT molecular complexity index is 730. The maximum atomic E-state index is 13.6.